The maximum atomic E-state index is 12.2. The third kappa shape index (κ3) is 2.52. The van der Waals surface area contributed by atoms with E-state index in [1.54, 1.807) is 0 Å². The van der Waals surface area contributed by atoms with E-state index in [-0.39, 0.29) is 10.4 Å². The Morgan fingerprint density at radius 3 is 2.07 bits per heavy atom. The molecule has 15 heavy (non-hydrogen) atoms. The molecule has 0 aliphatic heterocycles. The van der Waals surface area contributed by atoms with Crippen LogP contribution in [-0.4, -0.2) is 27.1 Å². The van der Waals surface area contributed by atoms with E-state index in [1.807, 2.05) is 0 Å². The Labute approximate surface area is 85.7 Å². The van der Waals surface area contributed by atoms with E-state index in [9.17, 15) is 13.0 Å². The van der Waals surface area contributed by atoms with Crippen molar-refractivity contribution in [2.75, 3.05) is 0 Å². The molecule has 82 valence electrons. The minimum atomic E-state index is -4.12. The van der Waals surface area contributed by atoms with Crippen molar-refractivity contribution >= 4 is 22.3 Å². The van der Waals surface area contributed by atoms with Gasteiger partial charge in [-0.25, -0.2) is 8.99 Å². The molecule has 0 aliphatic rings. The van der Waals surface area contributed by atoms with Crippen LogP contribution in [0.25, 0.3) is 0 Å². The molecule has 0 spiro atoms. The van der Waals surface area contributed by atoms with Gasteiger partial charge in [-0.1, -0.05) is 12.1 Å². The van der Waals surface area contributed by atoms with Crippen molar-refractivity contribution in [3.8, 4) is 0 Å². The molecule has 0 saturated carbocycles. The molecule has 0 radical (unpaired) electrons. The van der Waals surface area contributed by atoms with Gasteiger partial charge in [0.25, 0.3) is 0 Å². The first-order valence-electron chi connectivity index (χ1n) is 3.87. The molecule has 1 aromatic rings. The van der Waals surface area contributed by atoms with Gasteiger partial charge in [-0.3, -0.25) is 0 Å². The van der Waals surface area contributed by atoms with Gasteiger partial charge in [-0.05, 0) is 17.6 Å². The Hall–Kier alpha value is -0.985. The standard InChI is InChI=1S/C7H8BF2NO3S/c9-7(10)15(11,14)6-3-1-5(2-4-6)8(12)13/h1-4,7,11-13H. The highest BCUT2D eigenvalue weighted by Crippen LogP contribution is 2.17. The van der Waals surface area contributed by atoms with E-state index >= 15 is 0 Å². The maximum absolute atomic E-state index is 12.2. The van der Waals surface area contributed by atoms with E-state index in [4.69, 9.17) is 14.8 Å². The molecule has 1 unspecified atom stereocenters. The Balaban J connectivity index is 3.10. The maximum Gasteiger partial charge on any atom is 0.488 e. The van der Waals surface area contributed by atoms with Gasteiger partial charge < -0.3 is 10.0 Å². The van der Waals surface area contributed by atoms with Gasteiger partial charge in [-0.2, -0.15) is 8.78 Å². The van der Waals surface area contributed by atoms with E-state index in [1.165, 1.54) is 0 Å². The summed E-state index contributed by atoms with van der Waals surface area (Å²) in [7, 11) is -5.83. The van der Waals surface area contributed by atoms with E-state index in [0.717, 1.165) is 24.3 Å². The zero-order valence-electron chi connectivity index (χ0n) is 7.43. The van der Waals surface area contributed by atoms with Crippen molar-refractivity contribution in [3.05, 3.63) is 24.3 Å². The molecule has 0 amide bonds. The average molecular weight is 235 g/mol. The van der Waals surface area contributed by atoms with Crippen molar-refractivity contribution in [3.63, 3.8) is 0 Å². The predicted molar refractivity (Wildman–Crippen MR) is 51.4 cm³/mol. The molecule has 1 atom stereocenters. The normalized spacial score (nSPS) is 15.0. The first-order valence-corrected chi connectivity index (χ1v) is 5.49. The number of alkyl halides is 2. The minimum absolute atomic E-state index is 0.0863. The zero-order chi connectivity index (χ0) is 11.6. The monoisotopic (exact) mass is 235 g/mol. The molecule has 0 aliphatic carbocycles. The summed E-state index contributed by atoms with van der Waals surface area (Å²) in [5.74, 6) is -3.26. The fraction of sp³-hybridized carbons (Fsp3) is 0.143. The summed E-state index contributed by atoms with van der Waals surface area (Å²) in [6.07, 6.45) is 0. The summed E-state index contributed by atoms with van der Waals surface area (Å²) in [5, 5.41) is 17.4. The van der Waals surface area contributed by atoms with E-state index < -0.39 is 22.6 Å². The Kier molecular flexibility index (Phi) is 3.43. The van der Waals surface area contributed by atoms with E-state index in [0.29, 0.717) is 0 Å². The van der Waals surface area contributed by atoms with Gasteiger partial charge >= 0.3 is 12.9 Å². The van der Waals surface area contributed by atoms with Gasteiger partial charge in [0.15, 0.2) is 0 Å². The molecule has 0 bridgehead atoms. The molecular weight excluding hydrogens is 227 g/mol. The first-order chi connectivity index (χ1) is 6.85. The number of hydrogen-bond acceptors (Lipinski definition) is 4. The van der Waals surface area contributed by atoms with Crippen molar-refractivity contribution in [1.82, 2.24) is 0 Å². The van der Waals surface area contributed by atoms with Crippen LogP contribution in [0.15, 0.2) is 29.2 Å². The smallest absolute Gasteiger partial charge is 0.423 e. The van der Waals surface area contributed by atoms with Crippen LogP contribution in [0.2, 0.25) is 0 Å². The second-order valence-corrected chi connectivity index (χ2v) is 4.83. The molecule has 0 saturated heterocycles. The zero-order valence-corrected chi connectivity index (χ0v) is 8.25. The lowest BCUT2D eigenvalue weighted by Gasteiger charge is -2.06. The van der Waals surface area contributed by atoms with Crippen LogP contribution in [-0.2, 0) is 9.73 Å². The molecule has 0 aromatic heterocycles. The molecule has 1 aromatic carbocycles. The van der Waals surface area contributed by atoms with Crippen LogP contribution in [0.1, 0.15) is 0 Å². The van der Waals surface area contributed by atoms with Crippen molar-refractivity contribution in [2.45, 2.75) is 10.7 Å². The second kappa shape index (κ2) is 4.25. The summed E-state index contributed by atoms with van der Waals surface area (Å²) in [4.78, 5) is -0.332. The molecule has 0 heterocycles. The van der Waals surface area contributed by atoms with Gasteiger partial charge in [-0.15, -0.1) is 0 Å². The van der Waals surface area contributed by atoms with Gasteiger partial charge in [0.1, 0.15) is 9.73 Å². The summed E-state index contributed by atoms with van der Waals surface area (Å²) in [6.45, 7) is 0. The summed E-state index contributed by atoms with van der Waals surface area (Å²) >= 11 is 0. The van der Waals surface area contributed by atoms with Crippen LogP contribution in [0.3, 0.4) is 0 Å². The van der Waals surface area contributed by atoms with Gasteiger partial charge in [0.05, 0.1) is 4.90 Å². The predicted octanol–water partition coefficient (Wildman–Crippen LogP) is -0.00533. The third-order valence-corrected chi connectivity index (χ3v) is 3.25. The van der Waals surface area contributed by atoms with Crippen LogP contribution in [0, 0.1) is 4.78 Å². The van der Waals surface area contributed by atoms with Crippen molar-refractivity contribution in [2.24, 2.45) is 0 Å². The number of halogens is 2. The van der Waals surface area contributed by atoms with Crippen molar-refractivity contribution < 1.29 is 23.0 Å². The SMILES string of the molecule is N=S(=O)(c1ccc(B(O)O)cc1)C(F)F. The Morgan fingerprint density at radius 1 is 1.27 bits per heavy atom. The number of nitrogens with one attached hydrogen (secondary N) is 1. The van der Waals surface area contributed by atoms with Gasteiger partial charge in [0.2, 0.25) is 0 Å². The molecular formula is C7H8BF2NO3S. The third-order valence-electron chi connectivity index (χ3n) is 1.78. The molecule has 0 fully saturated rings. The molecule has 1 rings (SSSR count). The molecule has 4 nitrogen and oxygen atoms in total. The topological polar surface area (TPSA) is 81.4 Å². The fourth-order valence-corrected chi connectivity index (χ4v) is 1.69. The summed E-state index contributed by atoms with van der Waals surface area (Å²) < 4.78 is 42.5. The van der Waals surface area contributed by atoms with Crippen LogP contribution in [0.4, 0.5) is 8.78 Å². The van der Waals surface area contributed by atoms with Crippen molar-refractivity contribution in [1.29, 1.82) is 4.78 Å². The lowest BCUT2D eigenvalue weighted by atomic mass is 9.81. The molecule has 3 N–H and O–H groups in total. The lowest BCUT2D eigenvalue weighted by Crippen LogP contribution is -2.29. The largest absolute Gasteiger partial charge is 0.488 e. The van der Waals surface area contributed by atoms with Gasteiger partial charge in [0, 0.05) is 0 Å². The number of benzene rings is 1. The lowest BCUT2D eigenvalue weighted by molar-refractivity contribution is 0.241. The average Bonchev–Trinajstić information content (AvgIpc) is 2.17. The van der Waals surface area contributed by atoms with Crippen LogP contribution >= 0.6 is 0 Å². The quantitative estimate of drug-likeness (QED) is 0.644. The summed E-state index contributed by atoms with van der Waals surface area (Å²) in [5.41, 5.74) is 0.0863. The summed E-state index contributed by atoms with van der Waals surface area (Å²) in [6, 6.07) is 4.32. The Bertz CT molecular complexity index is 432. The van der Waals surface area contributed by atoms with E-state index in [2.05, 4.69) is 0 Å². The Morgan fingerprint density at radius 2 is 1.73 bits per heavy atom. The fourth-order valence-electron chi connectivity index (χ4n) is 0.945. The highest BCUT2D eigenvalue weighted by atomic mass is 32.2. The highest BCUT2D eigenvalue weighted by molar-refractivity contribution is 7.92. The number of rotatable bonds is 3. The first kappa shape index (κ1) is 12.1. The number of hydrogen-bond donors (Lipinski definition) is 3. The van der Waals surface area contributed by atoms with Crippen LogP contribution < -0.4 is 5.46 Å². The second-order valence-electron chi connectivity index (χ2n) is 2.80. The minimum Gasteiger partial charge on any atom is -0.423 e. The molecule has 8 heteroatoms. The highest BCUT2D eigenvalue weighted by Gasteiger charge is 2.22. The van der Waals surface area contributed by atoms with Crippen LogP contribution in [0.5, 0.6) is 0 Å².